The molecule has 1 unspecified atom stereocenters. The van der Waals surface area contributed by atoms with Gasteiger partial charge in [-0.25, -0.2) is 0 Å². The van der Waals surface area contributed by atoms with E-state index in [0.717, 1.165) is 5.56 Å². The number of aromatic nitrogens is 4. The van der Waals surface area contributed by atoms with Gasteiger partial charge in [0.2, 0.25) is 0 Å². The van der Waals surface area contributed by atoms with Gasteiger partial charge >= 0.3 is 5.82 Å². The first-order valence-electron chi connectivity index (χ1n) is 6.78. The maximum Gasteiger partial charge on any atom is 0.355 e. The summed E-state index contributed by atoms with van der Waals surface area (Å²) in [7, 11) is 1.81. The fourth-order valence-corrected chi connectivity index (χ4v) is 3.06. The summed E-state index contributed by atoms with van der Waals surface area (Å²) >= 11 is 0. The number of rotatable bonds is 3. The van der Waals surface area contributed by atoms with Crippen LogP contribution in [-0.2, 0) is 7.05 Å². The number of carbonyl (C=O) groups excluding carboxylic acids is 1. The molecule has 1 aliphatic heterocycles. The Bertz CT molecular complexity index is 747. The minimum absolute atomic E-state index is 0.0191. The van der Waals surface area contributed by atoms with Crippen molar-refractivity contribution in [3.8, 4) is 0 Å². The second-order valence-corrected chi connectivity index (χ2v) is 6.16. The van der Waals surface area contributed by atoms with Crippen molar-refractivity contribution >= 4 is 11.7 Å². The van der Waals surface area contributed by atoms with Crippen molar-refractivity contribution in [2.75, 3.05) is 6.54 Å². The van der Waals surface area contributed by atoms with Crippen LogP contribution in [0.25, 0.3) is 0 Å². The zero-order valence-electron chi connectivity index (χ0n) is 12.5. The summed E-state index contributed by atoms with van der Waals surface area (Å²) in [6.07, 6.45) is 4.78. The highest BCUT2D eigenvalue weighted by atomic mass is 16.6. The van der Waals surface area contributed by atoms with Gasteiger partial charge in [-0.1, -0.05) is 18.9 Å². The van der Waals surface area contributed by atoms with E-state index in [1.54, 1.807) is 15.8 Å². The summed E-state index contributed by atoms with van der Waals surface area (Å²) in [5.41, 5.74) is 0.782. The van der Waals surface area contributed by atoms with E-state index in [2.05, 4.69) is 29.1 Å². The minimum Gasteiger partial charge on any atom is -0.358 e. The molecule has 2 aromatic heterocycles. The van der Waals surface area contributed by atoms with Crippen LogP contribution in [0.2, 0.25) is 0 Å². The van der Waals surface area contributed by atoms with E-state index in [9.17, 15) is 14.9 Å². The molecule has 9 nitrogen and oxygen atoms in total. The van der Waals surface area contributed by atoms with Gasteiger partial charge in [-0.2, -0.15) is 5.10 Å². The molecule has 1 amide bonds. The number of aromatic amines is 1. The molecule has 0 radical (unpaired) electrons. The normalized spacial score (nSPS) is 19.8. The summed E-state index contributed by atoms with van der Waals surface area (Å²) in [4.78, 5) is 24.6. The van der Waals surface area contributed by atoms with Gasteiger partial charge in [-0.05, 0) is 4.92 Å². The van der Waals surface area contributed by atoms with Gasteiger partial charge in [-0.15, -0.1) is 5.10 Å². The maximum absolute atomic E-state index is 12.6. The summed E-state index contributed by atoms with van der Waals surface area (Å²) in [5, 5.41) is 21.0. The number of nitro groups is 1. The smallest absolute Gasteiger partial charge is 0.355 e. The Morgan fingerprint density at radius 2 is 2.23 bits per heavy atom. The molecule has 2 aromatic rings. The van der Waals surface area contributed by atoms with Crippen molar-refractivity contribution in [3.05, 3.63) is 39.8 Å². The SMILES string of the molecule is Cn1cc(C2N(C(=O)c3cn[nH]c3[N+](=O)[O-])CC2(C)C)cn1. The Morgan fingerprint density at radius 1 is 1.50 bits per heavy atom. The van der Waals surface area contributed by atoms with Gasteiger partial charge in [0, 0.05) is 30.8 Å². The number of likely N-dealkylation sites (tertiary alicyclic amines) is 1. The van der Waals surface area contributed by atoms with E-state index in [0.29, 0.717) is 6.54 Å². The highest BCUT2D eigenvalue weighted by molar-refractivity contribution is 5.98. The van der Waals surface area contributed by atoms with E-state index in [4.69, 9.17) is 0 Å². The fraction of sp³-hybridized carbons (Fsp3) is 0.462. The first-order valence-corrected chi connectivity index (χ1v) is 6.78. The average molecular weight is 304 g/mol. The van der Waals surface area contributed by atoms with Gasteiger partial charge in [0.15, 0.2) is 5.56 Å². The predicted molar refractivity (Wildman–Crippen MR) is 76.0 cm³/mol. The van der Waals surface area contributed by atoms with E-state index in [-0.39, 0.29) is 22.8 Å². The fourth-order valence-electron chi connectivity index (χ4n) is 3.06. The lowest BCUT2D eigenvalue weighted by Crippen LogP contribution is -2.57. The zero-order valence-corrected chi connectivity index (χ0v) is 12.5. The largest absolute Gasteiger partial charge is 0.358 e. The lowest BCUT2D eigenvalue weighted by molar-refractivity contribution is -0.389. The van der Waals surface area contributed by atoms with Gasteiger partial charge in [-0.3, -0.25) is 9.48 Å². The molecule has 3 rings (SSSR count). The molecule has 3 heterocycles. The number of H-pyrrole nitrogens is 1. The molecule has 9 heteroatoms. The Hall–Kier alpha value is -2.71. The van der Waals surface area contributed by atoms with Crippen LogP contribution in [0.4, 0.5) is 5.82 Å². The van der Waals surface area contributed by atoms with Gasteiger partial charge in [0.1, 0.15) is 0 Å². The van der Waals surface area contributed by atoms with Crippen LogP contribution in [0, 0.1) is 15.5 Å². The van der Waals surface area contributed by atoms with Crippen LogP contribution >= 0.6 is 0 Å². The monoisotopic (exact) mass is 304 g/mol. The molecule has 0 spiro atoms. The Morgan fingerprint density at radius 3 is 2.77 bits per heavy atom. The van der Waals surface area contributed by atoms with E-state index >= 15 is 0 Å². The van der Waals surface area contributed by atoms with Crippen molar-refractivity contribution in [1.82, 2.24) is 24.9 Å². The molecule has 0 bridgehead atoms. The van der Waals surface area contributed by atoms with Crippen LogP contribution in [0.5, 0.6) is 0 Å². The zero-order chi connectivity index (χ0) is 16.1. The minimum atomic E-state index is -0.635. The first-order chi connectivity index (χ1) is 10.3. The second-order valence-electron chi connectivity index (χ2n) is 6.16. The Balaban J connectivity index is 1.93. The topological polar surface area (TPSA) is 110 Å². The third-order valence-corrected chi connectivity index (χ3v) is 3.96. The molecule has 0 saturated carbocycles. The molecule has 0 aliphatic carbocycles. The van der Waals surface area contributed by atoms with Crippen LogP contribution in [0.1, 0.15) is 35.8 Å². The summed E-state index contributed by atoms with van der Waals surface area (Å²) in [6, 6.07) is -0.164. The van der Waals surface area contributed by atoms with E-state index in [1.165, 1.54) is 6.20 Å². The molecule has 1 atom stereocenters. The Labute approximate surface area is 126 Å². The summed E-state index contributed by atoms with van der Waals surface area (Å²) < 4.78 is 1.67. The van der Waals surface area contributed by atoms with Crippen LogP contribution < -0.4 is 0 Å². The van der Waals surface area contributed by atoms with Crippen molar-refractivity contribution in [3.63, 3.8) is 0 Å². The molecule has 1 fully saturated rings. The highest BCUT2D eigenvalue weighted by Gasteiger charge is 2.50. The lowest BCUT2D eigenvalue weighted by Gasteiger charge is -2.53. The maximum atomic E-state index is 12.6. The van der Waals surface area contributed by atoms with Crippen molar-refractivity contribution in [2.45, 2.75) is 19.9 Å². The molecule has 0 aromatic carbocycles. The number of hydrogen-bond acceptors (Lipinski definition) is 5. The van der Waals surface area contributed by atoms with Crippen LogP contribution in [0.15, 0.2) is 18.6 Å². The number of nitrogens with zero attached hydrogens (tertiary/aromatic N) is 5. The average Bonchev–Trinajstić information content (AvgIpc) is 3.04. The van der Waals surface area contributed by atoms with Crippen molar-refractivity contribution < 1.29 is 9.72 Å². The van der Waals surface area contributed by atoms with Gasteiger partial charge in [0.25, 0.3) is 5.91 Å². The molecule has 116 valence electrons. The molecule has 1 N–H and O–H groups in total. The van der Waals surface area contributed by atoms with Crippen LogP contribution in [-0.4, -0.2) is 42.3 Å². The van der Waals surface area contributed by atoms with Gasteiger partial charge < -0.3 is 15.0 Å². The standard InChI is InChI=1S/C13H16N6O3/c1-13(2)7-18(10(13)8-4-15-17(3)6-8)12(20)9-5-14-16-11(9)19(21)22/h4-6,10H,7H2,1-3H3,(H,14,16). The lowest BCUT2D eigenvalue weighted by atomic mass is 9.72. The van der Waals surface area contributed by atoms with Gasteiger partial charge in [0.05, 0.1) is 18.4 Å². The third kappa shape index (κ3) is 2.05. The van der Waals surface area contributed by atoms with Crippen molar-refractivity contribution in [1.29, 1.82) is 0 Å². The number of amides is 1. The second kappa shape index (κ2) is 4.65. The van der Waals surface area contributed by atoms with E-state index in [1.807, 2.05) is 13.2 Å². The third-order valence-electron chi connectivity index (χ3n) is 3.96. The number of carbonyl (C=O) groups is 1. The summed E-state index contributed by atoms with van der Waals surface area (Å²) in [5.74, 6) is -0.770. The molecule has 1 aliphatic rings. The summed E-state index contributed by atoms with van der Waals surface area (Å²) in [6.45, 7) is 4.63. The number of nitrogens with one attached hydrogen (secondary N) is 1. The van der Waals surface area contributed by atoms with E-state index < -0.39 is 10.8 Å². The Kier molecular flexibility index (Phi) is 3.01. The highest BCUT2D eigenvalue weighted by Crippen LogP contribution is 2.49. The number of aryl methyl sites for hydroxylation is 1. The van der Waals surface area contributed by atoms with Crippen LogP contribution in [0.3, 0.4) is 0 Å². The quantitative estimate of drug-likeness (QED) is 0.678. The molecular weight excluding hydrogens is 288 g/mol. The molecular formula is C13H16N6O3. The molecule has 1 saturated heterocycles. The van der Waals surface area contributed by atoms with Crippen molar-refractivity contribution in [2.24, 2.45) is 12.5 Å². The molecule has 22 heavy (non-hydrogen) atoms. The number of hydrogen-bond donors (Lipinski definition) is 1. The first kappa shape index (κ1) is 14.2. The predicted octanol–water partition coefficient (Wildman–Crippen LogP) is 1.27.